The highest BCUT2D eigenvalue weighted by molar-refractivity contribution is 5.88. The fraction of sp³-hybridized carbons (Fsp3) is 0.730. The Balaban J connectivity index is 1.39. The van der Waals surface area contributed by atoms with Gasteiger partial charge in [-0.3, -0.25) is 4.79 Å². The number of hydrogen-bond acceptors (Lipinski definition) is 10. The predicted octanol–water partition coefficient (Wildman–Crippen LogP) is 4.94. The van der Waals surface area contributed by atoms with Crippen molar-refractivity contribution in [2.75, 3.05) is 13.7 Å². The number of carbonyl (C=O) groups is 1. The van der Waals surface area contributed by atoms with Crippen molar-refractivity contribution in [2.24, 2.45) is 28.8 Å². The third-order valence-electron chi connectivity index (χ3n) is 11.0. The van der Waals surface area contributed by atoms with Gasteiger partial charge in [-0.25, -0.2) is 0 Å². The first-order valence-corrected chi connectivity index (χ1v) is 17.3. The maximum Gasteiger partial charge on any atom is 0.315 e. The van der Waals surface area contributed by atoms with Crippen molar-refractivity contribution < 1.29 is 43.5 Å². The third kappa shape index (κ3) is 6.30. The van der Waals surface area contributed by atoms with Crippen molar-refractivity contribution in [1.29, 1.82) is 0 Å². The number of hydrogen-bond donors (Lipinski definition) is 2. The molecule has 260 valence electrons. The molecule has 0 aromatic rings. The highest BCUT2D eigenvalue weighted by atomic mass is 16.7. The topological polar surface area (TPSA) is 129 Å². The van der Waals surface area contributed by atoms with Gasteiger partial charge in [0.05, 0.1) is 24.5 Å². The standard InChI is InChI=1S/C37H53NO9/c1-20(2)14-23(5)30-24(6)28(38-42-8)18-36(46-30)17-27-16-26(45-36)13-12-22(4)15-21(3)10-9-11-25-19-43-33-31(39)35(7)32(47-35)29(34(40)44-27)37(25,33)41/h9-12,14,20-21,24,26-27,29-33,39,41H,13,15-19H2,1-8H3/b10-9+,22-12+,23-14+,25-11?,38-28+/t21-,24-,26?,27-,29-,30+,31-,32+,33+,35-,36-,37+/m0/s1. The molecule has 1 saturated carbocycles. The van der Waals surface area contributed by atoms with E-state index in [0.29, 0.717) is 30.8 Å². The number of ether oxygens (including phenoxy) is 5. The maximum atomic E-state index is 14.3. The highest BCUT2D eigenvalue weighted by Gasteiger charge is 2.78. The van der Waals surface area contributed by atoms with E-state index < -0.39 is 53.3 Å². The van der Waals surface area contributed by atoms with Gasteiger partial charge in [0, 0.05) is 25.2 Å². The van der Waals surface area contributed by atoms with Gasteiger partial charge in [-0.15, -0.1) is 0 Å². The molecule has 0 aromatic heterocycles. The van der Waals surface area contributed by atoms with E-state index in [-0.39, 0.29) is 37.1 Å². The Hall–Kier alpha value is -2.34. The minimum Gasteiger partial charge on any atom is -0.462 e. The van der Waals surface area contributed by atoms with Crippen LogP contribution in [0.2, 0.25) is 0 Å². The number of oxime groups is 1. The van der Waals surface area contributed by atoms with E-state index in [9.17, 15) is 15.0 Å². The van der Waals surface area contributed by atoms with Crippen LogP contribution in [0, 0.1) is 23.7 Å². The zero-order valence-corrected chi connectivity index (χ0v) is 29.1. The van der Waals surface area contributed by atoms with E-state index in [4.69, 9.17) is 28.5 Å². The number of aliphatic hydroxyl groups excluding tert-OH is 1. The molecule has 5 aliphatic heterocycles. The van der Waals surface area contributed by atoms with Gasteiger partial charge in [0.1, 0.15) is 48.6 Å². The zero-order chi connectivity index (χ0) is 33.9. The lowest BCUT2D eigenvalue weighted by Gasteiger charge is -2.50. The molecule has 0 amide bonds. The lowest BCUT2D eigenvalue weighted by Crippen LogP contribution is -2.64. The summed E-state index contributed by atoms with van der Waals surface area (Å²) < 4.78 is 32.2. The van der Waals surface area contributed by atoms with E-state index in [0.717, 1.165) is 17.7 Å². The van der Waals surface area contributed by atoms with Gasteiger partial charge in [-0.1, -0.05) is 68.8 Å². The molecule has 1 unspecified atom stereocenters. The molecule has 5 heterocycles. The summed E-state index contributed by atoms with van der Waals surface area (Å²) in [6.45, 7) is 14.6. The second-order valence-corrected chi connectivity index (χ2v) is 15.3. The van der Waals surface area contributed by atoms with E-state index >= 15 is 0 Å². The average molecular weight is 656 g/mol. The fourth-order valence-corrected chi connectivity index (χ4v) is 8.67. The molecule has 1 spiro atoms. The molecular formula is C37H53NO9. The van der Waals surface area contributed by atoms with Gasteiger partial charge in [-0.2, -0.15) is 0 Å². The number of carbonyl (C=O) groups excluding carboxylic acids is 1. The fourth-order valence-electron chi connectivity index (χ4n) is 8.67. The smallest absolute Gasteiger partial charge is 0.315 e. The summed E-state index contributed by atoms with van der Waals surface area (Å²) in [6, 6.07) is 0. The molecule has 6 rings (SSSR count). The Bertz CT molecular complexity index is 1380. The lowest BCUT2D eigenvalue weighted by molar-refractivity contribution is -0.313. The second-order valence-electron chi connectivity index (χ2n) is 15.3. The molecule has 6 aliphatic rings. The molecule has 12 atom stereocenters. The summed E-state index contributed by atoms with van der Waals surface area (Å²) in [7, 11) is 1.55. The predicted molar refractivity (Wildman–Crippen MR) is 175 cm³/mol. The first kappa shape index (κ1) is 34.5. The number of nitrogens with zero attached hydrogens (tertiary/aromatic N) is 1. The number of epoxide rings is 1. The summed E-state index contributed by atoms with van der Waals surface area (Å²) in [4.78, 5) is 19.6. The molecular weight excluding hydrogens is 602 g/mol. The van der Waals surface area contributed by atoms with Crippen LogP contribution in [0.3, 0.4) is 0 Å². The molecule has 2 N–H and O–H groups in total. The van der Waals surface area contributed by atoms with E-state index in [1.54, 1.807) is 14.0 Å². The second kappa shape index (κ2) is 12.8. The van der Waals surface area contributed by atoms with Crippen molar-refractivity contribution in [2.45, 2.75) is 134 Å². The van der Waals surface area contributed by atoms with E-state index in [1.165, 1.54) is 5.57 Å². The van der Waals surface area contributed by atoms with Crippen LogP contribution < -0.4 is 0 Å². The normalized spacial score (nSPS) is 48.2. The Kier molecular flexibility index (Phi) is 9.43. The number of fused-ring (bicyclic) bond motifs is 4. The number of esters is 1. The van der Waals surface area contributed by atoms with Crippen LogP contribution in [0.15, 0.2) is 52.3 Å². The van der Waals surface area contributed by atoms with E-state index in [2.05, 4.69) is 64.9 Å². The van der Waals surface area contributed by atoms with Crippen LogP contribution in [0.1, 0.15) is 80.6 Å². The average Bonchev–Trinajstić information content (AvgIpc) is 3.56. The minimum atomic E-state index is -1.78. The molecule has 2 bridgehead atoms. The monoisotopic (exact) mass is 655 g/mol. The van der Waals surface area contributed by atoms with Gasteiger partial charge >= 0.3 is 5.97 Å². The lowest BCUT2D eigenvalue weighted by atomic mass is 9.66. The highest BCUT2D eigenvalue weighted by Crippen LogP contribution is 2.59. The van der Waals surface area contributed by atoms with Gasteiger partial charge in [0.2, 0.25) is 0 Å². The van der Waals surface area contributed by atoms with Crippen molar-refractivity contribution in [3.8, 4) is 0 Å². The first-order valence-electron chi connectivity index (χ1n) is 17.3. The summed E-state index contributed by atoms with van der Waals surface area (Å²) >= 11 is 0. The summed E-state index contributed by atoms with van der Waals surface area (Å²) in [6.07, 6.45) is 8.84. The molecule has 47 heavy (non-hydrogen) atoms. The van der Waals surface area contributed by atoms with Gasteiger partial charge in [-0.05, 0) is 56.6 Å². The Labute approximate surface area is 278 Å². The first-order chi connectivity index (χ1) is 22.2. The van der Waals surface area contributed by atoms with E-state index in [1.807, 2.05) is 12.2 Å². The van der Waals surface area contributed by atoms with Gasteiger partial charge in [0.25, 0.3) is 0 Å². The van der Waals surface area contributed by atoms with Crippen molar-refractivity contribution >= 4 is 11.7 Å². The quantitative estimate of drug-likeness (QED) is 0.188. The third-order valence-corrected chi connectivity index (χ3v) is 11.0. The summed E-state index contributed by atoms with van der Waals surface area (Å²) in [5.41, 5.74) is 0.894. The molecule has 0 aromatic carbocycles. The minimum absolute atomic E-state index is 0.0418. The maximum absolute atomic E-state index is 14.3. The Morgan fingerprint density at radius 2 is 1.94 bits per heavy atom. The van der Waals surface area contributed by atoms with Crippen LogP contribution in [0.5, 0.6) is 0 Å². The van der Waals surface area contributed by atoms with Crippen LogP contribution in [0.4, 0.5) is 0 Å². The molecule has 5 fully saturated rings. The SMILES string of the molecule is CO/N=C1\C[C@]2(C[C@@H]3CC(C/C=C(\C)C[C@@H](C)/C=C/C=C4CO[C@@H]5[C@H](O)[C@]6(C)O[C@@H]6[C@@H](C(=O)O3)[C@]45O)O2)O[C@H](/C(C)=C/C(C)C)[C@H]1C. The largest absolute Gasteiger partial charge is 0.462 e. The van der Waals surface area contributed by atoms with Crippen molar-refractivity contribution in [1.82, 2.24) is 0 Å². The van der Waals surface area contributed by atoms with Crippen LogP contribution >= 0.6 is 0 Å². The number of aliphatic hydroxyl groups is 2. The van der Waals surface area contributed by atoms with Crippen molar-refractivity contribution in [3.63, 3.8) is 0 Å². The zero-order valence-electron chi connectivity index (χ0n) is 29.1. The van der Waals surface area contributed by atoms with Crippen LogP contribution in [-0.4, -0.2) is 89.2 Å². The van der Waals surface area contributed by atoms with Gasteiger partial charge in [0.15, 0.2) is 5.79 Å². The summed E-state index contributed by atoms with van der Waals surface area (Å²) in [5.74, 6) is -2.24. The molecule has 10 heteroatoms. The Morgan fingerprint density at radius 3 is 2.66 bits per heavy atom. The number of allylic oxidation sites excluding steroid dienone is 5. The summed E-state index contributed by atoms with van der Waals surface area (Å²) in [5, 5.41) is 28.0. The number of rotatable bonds is 3. The van der Waals surface area contributed by atoms with Gasteiger partial charge < -0.3 is 38.7 Å². The Morgan fingerprint density at radius 1 is 1.17 bits per heavy atom. The molecule has 0 radical (unpaired) electrons. The van der Waals surface area contributed by atoms with Crippen LogP contribution in [0.25, 0.3) is 0 Å². The molecule has 10 nitrogen and oxygen atoms in total. The van der Waals surface area contributed by atoms with Crippen LogP contribution in [-0.2, 0) is 33.3 Å². The molecule has 1 aliphatic carbocycles. The van der Waals surface area contributed by atoms with Crippen molar-refractivity contribution in [3.05, 3.63) is 47.1 Å². The molecule has 4 saturated heterocycles.